The second-order valence-electron chi connectivity index (χ2n) is 4.62. The number of nitrogens with zero attached hydrogens (tertiary/aromatic N) is 1. The molecule has 1 atom stereocenters. The highest BCUT2D eigenvalue weighted by Gasteiger charge is 2.35. The molecular weight excluding hydrogens is 188 g/mol. The molecule has 0 radical (unpaired) electrons. The molecule has 1 fully saturated rings. The van der Waals surface area contributed by atoms with Crippen molar-refractivity contribution in [3.05, 3.63) is 23.9 Å². The Morgan fingerprint density at radius 3 is 2.73 bits per heavy atom. The summed E-state index contributed by atoms with van der Waals surface area (Å²) in [4.78, 5) is 4.26. The van der Waals surface area contributed by atoms with Crippen molar-refractivity contribution >= 4 is 0 Å². The van der Waals surface area contributed by atoms with Crippen LogP contribution in [0.25, 0.3) is 0 Å². The van der Waals surface area contributed by atoms with Gasteiger partial charge in [-0.15, -0.1) is 0 Å². The smallest absolute Gasteiger partial charge is 0.212 e. The minimum atomic E-state index is 0.177. The van der Waals surface area contributed by atoms with E-state index in [1.807, 2.05) is 12.3 Å². The summed E-state index contributed by atoms with van der Waals surface area (Å²) >= 11 is 0. The molecule has 0 aromatic carbocycles. The maximum atomic E-state index is 5.06. The average molecular weight is 206 g/mol. The number of hydrogen-bond acceptors (Lipinski definition) is 3. The zero-order valence-electron chi connectivity index (χ0n) is 9.58. The van der Waals surface area contributed by atoms with Crippen LogP contribution < -0.4 is 10.1 Å². The molecule has 2 rings (SSSR count). The highest BCUT2D eigenvalue weighted by Crippen LogP contribution is 2.35. The normalized spacial score (nSPS) is 24.1. The number of methoxy groups -OCH3 is 1. The van der Waals surface area contributed by atoms with Crippen molar-refractivity contribution in [1.82, 2.24) is 10.3 Å². The third-order valence-electron chi connectivity index (χ3n) is 3.26. The van der Waals surface area contributed by atoms with Crippen molar-refractivity contribution in [2.45, 2.75) is 31.7 Å². The Morgan fingerprint density at radius 1 is 1.47 bits per heavy atom. The van der Waals surface area contributed by atoms with E-state index in [0.29, 0.717) is 11.8 Å². The first-order valence-electron chi connectivity index (χ1n) is 5.38. The summed E-state index contributed by atoms with van der Waals surface area (Å²) in [6.45, 7) is 5.58. The monoisotopic (exact) mass is 206 g/mol. The van der Waals surface area contributed by atoms with Crippen LogP contribution in [0, 0.1) is 0 Å². The summed E-state index contributed by atoms with van der Waals surface area (Å²) < 4.78 is 5.06. The Labute approximate surface area is 90.9 Å². The highest BCUT2D eigenvalue weighted by molar-refractivity contribution is 5.25. The van der Waals surface area contributed by atoms with Crippen molar-refractivity contribution in [2.75, 3.05) is 13.7 Å². The van der Waals surface area contributed by atoms with Gasteiger partial charge in [-0.1, -0.05) is 6.07 Å². The molecule has 3 heteroatoms. The quantitative estimate of drug-likeness (QED) is 0.803. The van der Waals surface area contributed by atoms with Gasteiger partial charge in [0.15, 0.2) is 0 Å². The zero-order valence-corrected chi connectivity index (χ0v) is 9.58. The first-order chi connectivity index (χ1) is 7.13. The molecule has 1 aromatic heterocycles. The number of nitrogens with one attached hydrogen (secondary N) is 1. The molecule has 0 spiro atoms. The maximum absolute atomic E-state index is 5.06. The van der Waals surface area contributed by atoms with E-state index in [0.717, 1.165) is 6.54 Å². The van der Waals surface area contributed by atoms with Crippen LogP contribution >= 0.6 is 0 Å². The van der Waals surface area contributed by atoms with Crippen LogP contribution in [0.5, 0.6) is 5.88 Å². The van der Waals surface area contributed by atoms with Gasteiger partial charge in [0.1, 0.15) is 0 Å². The van der Waals surface area contributed by atoms with Crippen molar-refractivity contribution in [3.8, 4) is 5.88 Å². The highest BCUT2D eigenvalue weighted by atomic mass is 16.5. The molecule has 1 N–H and O–H groups in total. The molecule has 0 bridgehead atoms. The van der Waals surface area contributed by atoms with Gasteiger partial charge in [-0.2, -0.15) is 0 Å². The summed E-state index contributed by atoms with van der Waals surface area (Å²) in [7, 11) is 1.64. The standard InChI is InChI=1S/C12H18N2O/c1-12(2)10(6-7-14-12)9-4-5-11(15-3)13-8-9/h4-5,8,10,14H,6-7H2,1-3H3. The van der Waals surface area contributed by atoms with Gasteiger partial charge in [-0.25, -0.2) is 4.98 Å². The molecule has 0 aliphatic carbocycles. The van der Waals surface area contributed by atoms with Gasteiger partial charge in [-0.3, -0.25) is 0 Å². The summed E-state index contributed by atoms with van der Waals surface area (Å²) in [5.74, 6) is 1.23. The van der Waals surface area contributed by atoms with Gasteiger partial charge in [0, 0.05) is 23.7 Å². The van der Waals surface area contributed by atoms with E-state index in [1.54, 1.807) is 7.11 Å². The molecule has 1 aromatic rings. The number of aromatic nitrogens is 1. The third kappa shape index (κ3) is 1.97. The van der Waals surface area contributed by atoms with Crippen LogP contribution in [0.2, 0.25) is 0 Å². The number of ether oxygens (including phenoxy) is 1. The van der Waals surface area contributed by atoms with Crippen molar-refractivity contribution < 1.29 is 4.74 Å². The SMILES string of the molecule is COc1ccc(C2CCNC2(C)C)cn1. The van der Waals surface area contributed by atoms with Crippen LogP contribution in [0.15, 0.2) is 18.3 Å². The van der Waals surface area contributed by atoms with Crippen molar-refractivity contribution in [3.63, 3.8) is 0 Å². The van der Waals surface area contributed by atoms with Crippen LogP contribution in [-0.4, -0.2) is 24.2 Å². The van der Waals surface area contributed by atoms with E-state index in [2.05, 4.69) is 30.2 Å². The Bertz CT molecular complexity index is 332. The van der Waals surface area contributed by atoms with Crippen molar-refractivity contribution in [1.29, 1.82) is 0 Å². The average Bonchev–Trinajstić information content (AvgIpc) is 2.58. The van der Waals surface area contributed by atoms with E-state index in [1.165, 1.54) is 12.0 Å². The molecule has 15 heavy (non-hydrogen) atoms. The zero-order chi connectivity index (χ0) is 10.9. The van der Waals surface area contributed by atoms with E-state index in [9.17, 15) is 0 Å². The third-order valence-corrected chi connectivity index (χ3v) is 3.26. The second-order valence-corrected chi connectivity index (χ2v) is 4.62. The lowest BCUT2D eigenvalue weighted by Gasteiger charge is -2.27. The topological polar surface area (TPSA) is 34.1 Å². The van der Waals surface area contributed by atoms with Crippen LogP contribution in [0.4, 0.5) is 0 Å². The summed E-state index contributed by atoms with van der Waals surface area (Å²) in [6.07, 6.45) is 3.11. The van der Waals surface area contributed by atoms with Gasteiger partial charge in [0.25, 0.3) is 0 Å². The molecule has 3 nitrogen and oxygen atoms in total. The van der Waals surface area contributed by atoms with Crippen LogP contribution in [0.3, 0.4) is 0 Å². The van der Waals surface area contributed by atoms with E-state index in [-0.39, 0.29) is 5.54 Å². The minimum Gasteiger partial charge on any atom is -0.481 e. The number of hydrogen-bond donors (Lipinski definition) is 1. The molecule has 0 saturated carbocycles. The fraction of sp³-hybridized carbons (Fsp3) is 0.583. The number of pyridine rings is 1. The molecule has 0 amide bonds. The van der Waals surface area contributed by atoms with E-state index >= 15 is 0 Å². The molecular formula is C12H18N2O. The maximum Gasteiger partial charge on any atom is 0.212 e. The minimum absolute atomic E-state index is 0.177. The molecule has 2 heterocycles. The molecule has 1 unspecified atom stereocenters. The predicted octanol–water partition coefficient (Wildman–Crippen LogP) is 1.95. The fourth-order valence-corrected chi connectivity index (χ4v) is 2.32. The van der Waals surface area contributed by atoms with Gasteiger partial charge < -0.3 is 10.1 Å². The predicted molar refractivity (Wildman–Crippen MR) is 60.2 cm³/mol. The van der Waals surface area contributed by atoms with Gasteiger partial charge >= 0.3 is 0 Å². The summed E-state index contributed by atoms with van der Waals surface area (Å²) in [6, 6.07) is 4.05. The summed E-state index contributed by atoms with van der Waals surface area (Å²) in [5, 5.41) is 3.51. The summed E-state index contributed by atoms with van der Waals surface area (Å²) in [5.41, 5.74) is 1.47. The Kier molecular flexibility index (Phi) is 2.65. The number of rotatable bonds is 2. The Hall–Kier alpha value is -1.09. The van der Waals surface area contributed by atoms with Crippen LogP contribution in [0.1, 0.15) is 31.7 Å². The van der Waals surface area contributed by atoms with Crippen molar-refractivity contribution in [2.24, 2.45) is 0 Å². The lowest BCUT2D eigenvalue weighted by molar-refractivity contribution is 0.392. The van der Waals surface area contributed by atoms with E-state index in [4.69, 9.17) is 4.74 Å². The molecule has 82 valence electrons. The first-order valence-corrected chi connectivity index (χ1v) is 5.38. The molecule has 1 aliphatic heterocycles. The fourth-order valence-electron chi connectivity index (χ4n) is 2.32. The second kappa shape index (κ2) is 3.81. The lowest BCUT2D eigenvalue weighted by atomic mass is 9.84. The Balaban J connectivity index is 2.22. The van der Waals surface area contributed by atoms with Crippen LogP contribution in [-0.2, 0) is 0 Å². The van der Waals surface area contributed by atoms with E-state index < -0.39 is 0 Å². The molecule has 1 saturated heterocycles. The van der Waals surface area contributed by atoms with Gasteiger partial charge in [0.2, 0.25) is 5.88 Å². The molecule has 1 aliphatic rings. The van der Waals surface area contributed by atoms with Gasteiger partial charge in [0.05, 0.1) is 7.11 Å². The van der Waals surface area contributed by atoms with Gasteiger partial charge in [-0.05, 0) is 32.4 Å². The lowest BCUT2D eigenvalue weighted by Crippen LogP contribution is -2.36. The largest absolute Gasteiger partial charge is 0.481 e. The first kappa shape index (κ1) is 10.4. The Morgan fingerprint density at radius 2 is 2.27 bits per heavy atom.